The van der Waals surface area contributed by atoms with Crippen LogP contribution in [-0.4, -0.2) is 31.5 Å². The monoisotopic (exact) mass is 322 g/mol. The van der Waals surface area contributed by atoms with Crippen LogP contribution < -0.4 is 20.1 Å². The molecule has 0 amide bonds. The van der Waals surface area contributed by atoms with E-state index in [1.165, 1.54) is 7.11 Å². The zero-order valence-electron chi connectivity index (χ0n) is 12.3. The third-order valence-corrected chi connectivity index (χ3v) is 3.37. The van der Waals surface area contributed by atoms with Gasteiger partial charge in [-0.15, -0.1) is 6.58 Å². The van der Waals surface area contributed by atoms with Crippen molar-refractivity contribution < 1.29 is 19.0 Å². The smallest absolute Gasteiger partial charge is 0.307 e. The van der Waals surface area contributed by atoms with Crippen LogP contribution in [0.4, 0.5) is 0 Å². The first kappa shape index (κ1) is 16.1. The Bertz CT molecular complexity index is 577. The molecule has 1 aromatic carbocycles. The second-order valence-corrected chi connectivity index (χ2v) is 5.00. The van der Waals surface area contributed by atoms with Gasteiger partial charge < -0.3 is 24.8 Å². The van der Waals surface area contributed by atoms with Crippen molar-refractivity contribution in [2.45, 2.75) is 12.5 Å². The number of nitrogens with one attached hydrogen (secondary N) is 2. The second kappa shape index (κ2) is 7.65. The van der Waals surface area contributed by atoms with Gasteiger partial charge in [0.2, 0.25) is 6.79 Å². The Labute approximate surface area is 134 Å². The van der Waals surface area contributed by atoms with Gasteiger partial charge in [-0.25, -0.2) is 0 Å². The van der Waals surface area contributed by atoms with Crippen LogP contribution in [0.5, 0.6) is 11.5 Å². The van der Waals surface area contributed by atoms with Crippen LogP contribution in [0.1, 0.15) is 18.0 Å². The number of fused-ring (bicyclic) bond motifs is 1. The van der Waals surface area contributed by atoms with Gasteiger partial charge in [0.1, 0.15) is 0 Å². The molecule has 2 N–H and O–H groups in total. The lowest BCUT2D eigenvalue weighted by Gasteiger charge is -2.20. The molecule has 0 spiro atoms. The summed E-state index contributed by atoms with van der Waals surface area (Å²) in [4.78, 5) is 11.6. The van der Waals surface area contributed by atoms with Gasteiger partial charge in [-0.1, -0.05) is 12.1 Å². The molecule has 0 bridgehead atoms. The molecule has 118 valence electrons. The van der Waals surface area contributed by atoms with E-state index in [1.54, 1.807) is 6.08 Å². The topological polar surface area (TPSA) is 68.8 Å². The van der Waals surface area contributed by atoms with Crippen molar-refractivity contribution in [2.75, 3.05) is 20.4 Å². The number of ether oxygens (including phenoxy) is 3. The maximum absolute atomic E-state index is 11.6. The Kier molecular flexibility index (Phi) is 5.60. The van der Waals surface area contributed by atoms with E-state index in [2.05, 4.69) is 17.2 Å². The van der Waals surface area contributed by atoms with Crippen LogP contribution in [0.25, 0.3) is 0 Å². The molecular formula is C15H18N2O4S. The number of hydrogen-bond acceptors (Lipinski definition) is 5. The fourth-order valence-electron chi connectivity index (χ4n) is 2.01. The summed E-state index contributed by atoms with van der Waals surface area (Å²) < 4.78 is 15.4. The minimum atomic E-state index is -0.332. The number of esters is 1. The van der Waals surface area contributed by atoms with Crippen LogP contribution >= 0.6 is 12.2 Å². The first-order valence-corrected chi connectivity index (χ1v) is 7.16. The van der Waals surface area contributed by atoms with E-state index in [0.29, 0.717) is 23.2 Å². The molecule has 1 heterocycles. The van der Waals surface area contributed by atoms with Gasteiger partial charge in [-0.2, -0.15) is 0 Å². The molecule has 6 nitrogen and oxygen atoms in total. The van der Waals surface area contributed by atoms with Crippen molar-refractivity contribution in [1.29, 1.82) is 0 Å². The van der Waals surface area contributed by atoms with Crippen LogP contribution in [0.3, 0.4) is 0 Å². The summed E-state index contributed by atoms with van der Waals surface area (Å²) in [6.07, 6.45) is 1.84. The van der Waals surface area contributed by atoms with E-state index in [9.17, 15) is 4.79 Å². The van der Waals surface area contributed by atoms with Gasteiger partial charge in [0.15, 0.2) is 16.6 Å². The molecule has 1 aliphatic rings. The zero-order chi connectivity index (χ0) is 15.9. The van der Waals surface area contributed by atoms with Gasteiger partial charge >= 0.3 is 5.97 Å². The fraction of sp³-hybridized carbons (Fsp3) is 0.333. The number of thiocarbonyl (C=S) groups is 1. The van der Waals surface area contributed by atoms with Crippen LogP contribution in [0, 0.1) is 0 Å². The second-order valence-electron chi connectivity index (χ2n) is 4.59. The average Bonchev–Trinajstić information content (AvgIpc) is 2.99. The number of carbonyl (C=O) groups excluding carboxylic acids is 1. The lowest BCUT2D eigenvalue weighted by Crippen LogP contribution is -2.38. The number of rotatable bonds is 6. The Balaban J connectivity index is 2.14. The number of benzene rings is 1. The molecule has 7 heteroatoms. The number of hydrogen-bond donors (Lipinski definition) is 2. The van der Waals surface area contributed by atoms with Crippen molar-refractivity contribution in [2.24, 2.45) is 0 Å². The Morgan fingerprint density at radius 2 is 2.27 bits per heavy atom. The van der Waals surface area contributed by atoms with Crippen molar-refractivity contribution in [3.05, 3.63) is 36.4 Å². The highest BCUT2D eigenvalue weighted by Gasteiger charge is 2.21. The molecule has 1 aliphatic heterocycles. The number of methoxy groups -OCH3 is 1. The minimum absolute atomic E-state index is 0.145. The summed E-state index contributed by atoms with van der Waals surface area (Å²) >= 11 is 5.21. The fourth-order valence-corrected chi connectivity index (χ4v) is 2.23. The predicted octanol–water partition coefficient (Wildman–Crippen LogP) is 1.67. The molecule has 0 unspecified atom stereocenters. The van der Waals surface area contributed by atoms with E-state index in [1.807, 2.05) is 18.2 Å². The first-order valence-electron chi connectivity index (χ1n) is 6.75. The van der Waals surface area contributed by atoms with Crippen LogP contribution in [0.15, 0.2) is 30.9 Å². The molecule has 0 saturated carbocycles. The molecule has 0 saturated heterocycles. The maximum atomic E-state index is 11.6. The zero-order valence-corrected chi connectivity index (χ0v) is 13.1. The Morgan fingerprint density at radius 1 is 1.50 bits per heavy atom. The SMILES string of the molecule is C=CCNC(=S)N[C@@H](CC(=O)OC)c1ccc2c(c1)OCO2. The van der Waals surface area contributed by atoms with Gasteiger partial charge in [-0.05, 0) is 29.9 Å². The normalized spacial score (nSPS) is 13.1. The highest BCUT2D eigenvalue weighted by molar-refractivity contribution is 7.80. The van der Waals surface area contributed by atoms with Crippen molar-refractivity contribution >= 4 is 23.3 Å². The molecule has 1 aromatic rings. The van der Waals surface area contributed by atoms with Crippen molar-refractivity contribution in [1.82, 2.24) is 10.6 Å². The number of carbonyl (C=O) groups is 1. The molecule has 22 heavy (non-hydrogen) atoms. The summed E-state index contributed by atoms with van der Waals surface area (Å²) in [7, 11) is 1.35. The van der Waals surface area contributed by atoms with Crippen LogP contribution in [-0.2, 0) is 9.53 Å². The third kappa shape index (κ3) is 4.11. The Hall–Kier alpha value is -2.28. The molecular weight excluding hydrogens is 304 g/mol. The first-order chi connectivity index (χ1) is 10.6. The van der Waals surface area contributed by atoms with Gasteiger partial charge in [0.25, 0.3) is 0 Å². The van der Waals surface area contributed by atoms with E-state index >= 15 is 0 Å². The minimum Gasteiger partial charge on any atom is -0.469 e. The molecule has 0 aliphatic carbocycles. The predicted molar refractivity (Wildman–Crippen MR) is 85.9 cm³/mol. The molecule has 0 fully saturated rings. The van der Waals surface area contributed by atoms with E-state index in [0.717, 1.165) is 5.56 Å². The van der Waals surface area contributed by atoms with E-state index in [4.69, 9.17) is 26.4 Å². The lowest BCUT2D eigenvalue weighted by molar-refractivity contribution is -0.141. The van der Waals surface area contributed by atoms with Gasteiger partial charge in [0.05, 0.1) is 19.6 Å². The summed E-state index contributed by atoms with van der Waals surface area (Å²) in [5.74, 6) is 1.01. The summed E-state index contributed by atoms with van der Waals surface area (Å²) in [5, 5.41) is 6.51. The third-order valence-electron chi connectivity index (χ3n) is 3.11. The van der Waals surface area contributed by atoms with Gasteiger partial charge in [-0.3, -0.25) is 4.79 Å². The van der Waals surface area contributed by atoms with Gasteiger partial charge in [0, 0.05) is 6.54 Å². The van der Waals surface area contributed by atoms with E-state index in [-0.39, 0.29) is 25.2 Å². The highest BCUT2D eigenvalue weighted by atomic mass is 32.1. The van der Waals surface area contributed by atoms with E-state index < -0.39 is 0 Å². The van der Waals surface area contributed by atoms with Crippen molar-refractivity contribution in [3.63, 3.8) is 0 Å². The van der Waals surface area contributed by atoms with Crippen LogP contribution in [0.2, 0.25) is 0 Å². The average molecular weight is 322 g/mol. The standard InChI is InChI=1S/C15H18N2O4S/c1-3-6-16-15(22)17-11(8-14(18)19-2)10-4-5-12-13(7-10)21-9-20-12/h3-5,7,11H,1,6,8-9H2,2H3,(H2,16,17,22)/t11-/m0/s1. The maximum Gasteiger partial charge on any atom is 0.307 e. The summed E-state index contributed by atoms with van der Waals surface area (Å²) in [5.41, 5.74) is 0.859. The molecule has 2 rings (SSSR count). The Morgan fingerprint density at radius 3 is 3.00 bits per heavy atom. The molecule has 0 radical (unpaired) electrons. The summed E-state index contributed by atoms with van der Waals surface area (Å²) in [6.45, 7) is 4.36. The largest absolute Gasteiger partial charge is 0.469 e. The van der Waals surface area contributed by atoms with Crippen molar-refractivity contribution in [3.8, 4) is 11.5 Å². The quantitative estimate of drug-likeness (QED) is 0.469. The highest BCUT2D eigenvalue weighted by Crippen LogP contribution is 2.34. The lowest BCUT2D eigenvalue weighted by atomic mass is 10.0. The summed E-state index contributed by atoms with van der Waals surface area (Å²) in [6, 6.07) is 5.18. The molecule has 1 atom stereocenters. The molecule has 0 aromatic heterocycles.